The number of fused-ring (bicyclic) bond motifs is 3. The van der Waals surface area contributed by atoms with Gasteiger partial charge in [0.1, 0.15) is 11.2 Å². The monoisotopic (exact) mass is 585 g/mol. The molecule has 0 saturated heterocycles. The van der Waals surface area contributed by atoms with Crippen LogP contribution in [0.15, 0.2) is 150 Å². The zero-order valence-corrected chi connectivity index (χ0v) is 24.2. The molecule has 44 heavy (non-hydrogen) atoms. The summed E-state index contributed by atoms with van der Waals surface area (Å²) in [5.41, 5.74) is 9.90. The number of hydrogen-bond donors (Lipinski definition) is 0. The summed E-state index contributed by atoms with van der Waals surface area (Å²) in [6.07, 6.45) is 0. The van der Waals surface area contributed by atoms with Crippen molar-refractivity contribution in [3.8, 4) is 56.2 Å². The van der Waals surface area contributed by atoms with Crippen molar-refractivity contribution >= 4 is 33.5 Å². The van der Waals surface area contributed by atoms with Gasteiger partial charge >= 0.3 is 0 Å². The molecule has 0 unspecified atom stereocenters. The second-order valence-electron chi connectivity index (χ2n) is 10.6. The molecule has 0 aliphatic rings. The molecular weight excluding hydrogens is 562 g/mol. The molecule has 0 aliphatic carbocycles. The van der Waals surface area contributed by atoms with Gasteiger partial charge in [-0.25, -0.2) is 4.98 Å². The summed E-state index contributed by atoms with van der Waals surface area (Å²) in [5.74, 6) is 0.995. The fourth-order valence-electron chi connectivity index (χ4n) is 5.92. The van der Waals surface area contributed by atoms with Gasteiger partial charge in [0.15, 0.2) is 11.6 Å². The lowest BCUT2D eigenvalue weighted by Crippen LogP contribution is -1.98. The highest BCUT2D eigenvalue weighted by Crippen LogP contribution is 2.41. The summed E-state index contributed by atoms with van der Waals surface area (Å²) in [6.45, 7) is 0. The largest absolute Gasteiger partial charge is 0.456 e. The molecule has 4 nitrogen and oxygen atoms in total. The van der Waals surface area contributed by atoms with Crippen LogP contribution in [0.3, 0.4) is 0 Å². The van der Waals surface area contributed by atoms with E-state index in [1.165, 1.54) is 0 Å². The van der Waals surface area contributed by atoms with Crippen LogP contribution in [0.4, 0.5) is 0 Å². The van der Waals surface area contributed by atoms with Crippen molar-refractivity contribution in [3.05, 3.63) is 151 Å². The zero-order valence-electron chi connectivity index (χ0n) is 23.5. The number of hydrogen-bond acceptors (Lipinski definition) is 4. The second-order valence-corrected chi connectivity index (χ2v) is 10.9. The molecule has 8 rings (SSSR count). The Morgan fingerprint density at radius 2 is 0.909 bits per heavy atom. The fraction of sp³-hybridized carbons (Fsp3) is 0. The van der Waals surface area contributed by atoms with Gasteiger partial charge in [-0.3, -0.25) is 0 Å². The molecule has 5 heteroatoms. The summed E-state index contributed by atoms with van der Waals surface area (Å²) in [5, 5.41) is 2.09. The summed E-state index contributed by atoms with van der Waals surface area (Å²) >= 11 is 6.62. The fourth-order valence-corrected chi connectivity index (χ4v) is 6.08. The van der Waals surface area contributed by atoms with Crippen LogP contribution >= 0.6 is 11.6 Å². The Hall–Kier alpha value is -5.58. The van der Waals surface area contributed by atoms with Crippen molar-refractivity contribution in [2.24, 2.45) is 0 Å². The van der Waals surface area contributed by atoms with Gasteiger partial charge in [0.05, 0.1) is 0 Å². The first-order valence-electron chi connectivity index (χ1n) is 14.4. The molecule has 208 valence electrons. The number of furan rings is 1. The van der Waals surface area contributed by atoms with Crippen LogP contribution in [-0.4, -0.2) is 15.0 Å². The van der Waals surface area contributed by atoms with E-state index in [4.69, 9.17) is 21.0 Å². The lowest BCUT2D eigenvalue weighted by Gasteiger charge is -2.13. The van der Waals surface area contributed by atoms with Crippen molar-refractivity contribution in [3.63, 3.8) is 0 Å². The highest BCUT2D eigenvalue weighted by atomic mass is 35.5. The molecule has 2 aromatic heterocycles. The third kappa shape index (κ3) is 4.62. The van der Waals surface area contributed by atoms with E-state index >= 15 is 0 Å². The highest BCUT2D eigenvalue weighted by Gasteiger charge is 2.20. The molecule has 6 aromatic carbocycles. The average molecular weight is 586 g/mol. The topological polar surface area (TPSA) is 51.8 Å². The molecule has 0 aliphatic heterocycles. The predicted molar refractivity (Wildman–Crippen MR) is 179 cm³/mol. The van der Waals surface area contributed by atoms with E-state index in [9.17, 15) is 0 Å². The molecule has 0 radical (unpaired) electrons. The summed E-state index contributed by atoms with van der Waals surface area (Å²) in [4.78, 5) is 14.2. The van der Waals surface area contributed by atoms with Crippen LogP contribution in [0.2, 0.25) is 5.28 Å². The maximum Gasteiger partial charge on any atom is 0.226 e. The van der Waals surface area contributed by atoms with Crippen molar-refractivity contribution < 1.29 is 4.42 Å². The number of halogens is 1. The number of rotatable bonds is 5. The average Bonchev–Trinajstić information content (AvgIpc) is 3.48. The smallest absolute Gasteiger partial charge is 0.226 e. The van der Waals surface area contributed by atoms with Crippen LogP contribution in [0.1, 0.15) is 0 Å². The first-order chi connectivity index (χ1) is 21.7. The van der Waals surface area contributed by atoms with Gasteiger partial charge in [0.25, 0.3) is 0 Å². The Labute approximate surface area is 259 Å². The number of nitrogens with zero attached hydrogens (tertiary/aromatic N) is 3. The summed E-state index contributed by atoms with van der Waals surface area (Å²) < 4.78 is 6.34. The number of benzene rings is 6. The van der Waals surface area contributed by atoms with Gasteiger partial charge in [-0.2, -0.15) is 9.97 Å². The van der Waals surface area contributed by atoms with Crippen LogP contribution in [-0.2, 0) is 0 Å². The van der Waals surface area contributed by atoms with E-state index < -0.39 is 0 Å². The lowest BCUT2D eigenvalue weighted by molar-refractivity contribution is 0.669. The van der Waals surface area contributed by atoms with E-state index in [1.54, 1.807) is 0 Å². The van der Waals surface area contributed by atoms with E-state index in [-0.39, 0.29) is 5.28 Å². The Morgan fingerprint density at radius 1 is 0.386 bits per heavy atom. The molecule has 2 heterocycles. The SMILES string of the molecule is Clc1nc(-c2ccc(-c3ccccc3)c(-c3ccccc3)c2)nc(-c2cccc3oc4cccc(-c5ccccc5)c4c23)n1. The predicted octanol–water partition coefficient (Wildman–Crippen LogP) is 10.8. The summed E-state index contributed by atoms with van der Waals surface area (Å²) in [7, 11) is 0. The van der Waals surface area contributed by atoms with E-state index in [0.29, 0.717) is 11.6 Å². The molecule has 8 aromatic rings. The van der Waals surface area contributed by atoms with Gasteiger partial charge in [-0.05, 0) is 63.2 Å². The molecule has 0 saturated carbocycles. The summed E-state index contributed by atoms with van der Waals surface area (Å²) in [6, 6.07) is 49.5. The molecule has 0 N–H and O–H groups in total. The van der Waals surface area contributed by atoms with Gasteiger partial charge in [0, 0.05) is 21.9 Å². The highest BCUT2D eigenvalue weighted by molar-refractivity contribution is 6.28. The standard InChI is InChI=1S/C39H24ClN3O/c40-39-42-37(28-22-23-29(25-12-4-1-5-13-25)32(24-28)27-16-8-3-9-17-27)41-38(43-39)31-19-11-21-34-36(31)35-30(18-10-20-33(35)44-34)26-14-6-2-7-15-26/h1-24H. The maximum atomic E-state index is 6.62. The lowest BCUT2D eigenvalue weighted by atomic mass is 9.92. The molecule has 0 bridgehead atoms. The van der Waals surface area contributed by atoms with E-state index in [2.05, 4.69) is 76.7 Å². The quantitative estimate of drug-likeness (QED) is 0.201. The van der Waals surface area contributed by atoms with E-state index in [1.807, 2.05) is 78.9 Å². The first-order valence-corrected chi connectivity index (χ1v) is 14.8. The van der Waals surface area contributed by atoms with Crippen molar-refractivity contribution in [1.29, 1.82) is 0 Å². The Morgan fingerprint density at radius 3 is 1.55 bits per heavy atom. The molecule has 0 spiro atoms. The Balaban J connectivity index is 1.32. The van der Waals surface area contributed by atoms with Crippen molar-refractivity contribution in [1.82, 2.24) is 15.0 Å². The van der Waals surface area contributed by atoms with E-state index in [0.717, 1.165) is 66.4 Å². The second kappa shape index (κ2) is 10.9. The zero-order chi connectivity index (χ0) is 29.5. The first kappa shape index (κ1) is 26.1. The molecular formula is C39H24ClN3O. The molecule has 0 atom stereocenters. The maximum absolute atomic E-state index is 6.62. The van der Waals surface area contributed by atoms with Crippen LogP contribution in [0.5, 0.6) is 0 Å². The normalized spacial score (nSPS) is 11.3. The van der Waals surface area contributed by atoms with Crippen molar-refractivity contribution in [2.75, 3.05) is 0 Å². The van der Waals surface area contributed by atoms with Gasteiger partial charge in [-0.1, -0.05) is 127 Å². The minimum Gasteiger partial charge on any atom is -0.456 e. The third-order valence-corrected chi connectivity index (χ3v) is 8.07. The van der Waals surface area contributed by atoms with Crippen LogP contribution in [0, 0.1) is 0 Å². The van der Waals surface area contributed by atoms with Crippen LogP contribution < -0.4 is 0 Å². The van der Waals surface area contributed by atoms with Gasteiger partial charge < -0.3 is 4.42 Å². The molecule has 0 fully saturated rings. The van der Waals surface area contributed by atoms with Gasteiger partial charge in [-0.15, -0.1) is 0 Å². The van der Waals surface area contributed by atoms with Crippen LogP contribution in [0.25, 0.3) is 78.1 Å². The minimum absolute atomic E-state index is 0.131. The third-order valence-electron chi connectivity index (χ3n) is 7.90. The number of aromatic nitrogens is 3. The Kier molecular flexibility index (Phi) is 6.47. The van der Waals surface area contributed by atoms with Crippen molar-refractivity contribution in [2.45, 2.75) is 0 Å². The molecule has 0 amide bonds. The minimum atomic E-state index is 0.131. The Bertz CT molecular complexity index is 2280. The van der Waals surface area contributed by atoms with Gasteiger partial charge in [0.2, 0.25) is 5.28 Å².